The molecule has 0 radical (unpaired) electrons. The fourth-order valence-electron chi connectivity index (χ4n) is 1.24. The Hall–Kier alpha value is 0.250. The summed E-state index contributed by atoms with van der Waals surface area (Å²) in [6, 6.07) is 0. The average Bonchev–Trinajstić information content (AvgIpc) is 2.16. The summed E-state index contributed by atoms with van der Waals surface area (Å²) in [4.78, 5) is 0. The molecule has 0 saturated heterocycles. The summed E-state index contributed by atoms with van der Waals surface area (Å²) in [6.07, 6.45) is 8.98. The normalized spacial score (nSPS) is 10.6. The Kier molecular flexibility index (Phi) is 12.5. The van der Waals surface area contributed by atoms with Crippen LogP contribution in [0.4, 0.5) is 0 Å². The Morgan fingerprint density at radius 2 is 1.46 bits per heavy atom. The maximum absolute atomic E-state index is 5.52. The molecule has 0 spiro atoms. The van der Waals surface area contributed by atoms with Crippen molar-refractivity contribution >= 4 is 11.6 Å². The van der Waals surface area contributed by atoms with Gasteiger partial charge in [0.05, 0.1) is 0 Å². The quantitative estimate of drug-likeness (QED) is 0.388. The molecule has 0 aliphatic carbocycles. The van der Waals surface area contributed by atoms with E-state index in [1.807, 2.05) is 0 Å². The first-order valence-corrected chi connectivity index (χ1v) is 6.09. The largest absolute Gasteiger partial charge is 0.381 e. The topological polar surface area (TPSA) is 9.23 Å². The zero-order chi connectivity index (χ0) is 9.78. The van der Waals surface area contributed by atoms with Gasteiger partial charge in [0.15, 0.2) is 0 Å². The van der Waals surface area contributed by atoms with E-state index >= 15 is 0 Å². The van der Waals surface area contributed by atoms with Gasteiger partial charge in [-0.15, -0.1) is 11.6 Å². The van der Waals surface area contributed by atoms with Crippen LogP contribution in [0.15, 0.2) is 0 Å². The molecule has 0 bridgehead atoms. The summed E-state index contributed by atoms with van der Waals surface area (Å²) < 4.78 is 5.40. The Morgan fingerprint density at radius 1 is 0.846 bits per heavy atom. The summed E-state index contributed by atoms with van der Waals surface area (Å²) in [5, 5.41) is 0. The molecule has 0 fully saturated rings. The summed E-state index contributed by atoms with van der Waals surface area (Å²) >= 11 is 5.52. The van der Waals surface area contributed by atoms with Crippen molar-refractivity contribution in [1.29, 1.82) is 0 Å². The Balaban J connectivity index is 2.76. The zero-order valence-corrected chi connectivity index (χ0v) is 9.61. The summed E-state index contributed by atoms with van der Waals surface area (Å²) in [6.45, 7) is 4.00. The van der Waals surface area contributed by atoms with E-state index in [1.165, 1.54) is 38.5 Å². The number of halogens is 1. The average molecular weight is 207 g/mol. The lowest BCUT2D eigenvalue weighted by atomic mass is 10.1. The predicted molar refractivity (Wildman–Crippen MR) is 59.5 cm³/mol. The van der Waals surface area contributed by atoms with E-state index in [-0.39, 0.29) is 0 Å². The lowest BCUT2D eigenvalue weighted by molar-refractivity contribution is 0.131. The fourth-order valence-corrected chi connectivity index (χ4v) is 1.35. The van der Waals surface area contributed by atoms with Crippen LogP contribution in [0.5, 0.6) is 0 Å². The smallest absolute Gasteiger partial charge is 0.0477 e. The van der Waals surface area contributed by atoms with Gasteiger partial charge in [-0.3, -0.25) is 0 Å². The van der Waals surface area contributed by atoms with Gasteiger partial charge in [-0.25, -0.2) is 0 Å². The standard InChI is InChI=1S/C11H23ClO/c1-2-3-4-5-6-7-10-13-11-8-9-12/h2-11H2,1H3. The van der Waals surface area contributed by atoms with Crippen LogP contribution in [-0.2, 0) is 4.74 Å². The minimum absolute atomic E-state index is 0.719. The van der Waals surface area contributed by atoms with Gasteiger partial charge in [-0.1, -0.05) is 39.0 Å². The van der Waals surface area contributed by atoms with Crippen LogP contribution in [0, 0.1) is 0 Å². The summed E-state index contributed by atoms with van der Waals surface area (Å²) in [5.41, 5.74) is 0. The van der Waals surface area contributed by atoms with Crippen LogP contribution >= 0.6 is 11.6 Å². The van der Waals surface area contributed by atoms with Crippen molar-refractivity contribution in [2.75, 3.05) is 19.1 Å². The Bertz CT molecular complexity index is 76.2. The lowest BCUT2D eigenvalue weighted by Crippen LogP contribution is -1.97. The van der Waals surface area contributed by atoms with E-state index in [4.69, 9.17) is 16.3 Å². The van der Waals surface area contributed by atoms with E-state index in [2.05, 4.69) is 6.92 Å². The van der Waals surface area contributed by atoms with Gasteiger partial charge in [0.25, 0.3) is 0 Å². The lowest BCUT2D eigenvalue weighted by Gasteiger charge is -2.02. The van der Waals surface area contributed by atoms with Crippen LogP contribution < -0.4 is 0 Å². The number of ether oxygens (including phenoxy) is 1. The van der Waals surface area contributed by atoms with Gasteiger partial charge in [0, 0.05) is 19.1 Å². The first-order chi connectivity index (χ1) is 6.41. The summed E-state index contributed by atoms with van der Waals surface area (Å²) in [5.74, 6) is 0.719. The number of unbranched alkanes of at least 4 members (excludes halogenated alkanes) is 5. The molecular formula is C11H23ClO. The van der Waals surface area contributed by atoms with Crippen LogP contribution in [0.1, 0.15) is 51.9 Å². The molecule has 0 atom stereocenters. The first kappa shape index (κ1) is 13.2. The van der Waals surface area contributed by atoms with Crippen LogP contribution in [0.2, 0.25) is 0 Å². The maximum Gasteiger partial charge on any atom is 0.0477 e. The number of alkyl halides is 1. The molecule has 0 rings (SSSR count). The molecule has 80 valence electrons. The van der Waals surface area contributed by atoms with E-state index in [1.54, 1.807) is 0 Å². The SMILES string of the molecule is CCCCCCCCOCCCCl. The molecule has 0 aromatic rings. The molecule has 0 aliphatic heterocycles. The third kappa shape index (κ3) is 12.2. The molecular weight excluding hydrogens is 184 g/mol. The molecule has 13 heavy (non-hydrogen) atoms. The summed E-state index contributed by atoms with van der Waals surface area (Å²) in [7, 11) is 0. The van der Waals surface area contributed by atoms with Gasteiger partial charge < -0.3 is 4.74 Å². The molecule has 0 N–H and O–H groups in total. The highest BCUT2D eigenvalue weighted by molar-refractivity contribution is 6.17. The monoisotopic (exact) mass is 206 g/mol. The second-order valence-corrected chi connectivity index (χ2v) is 3.80. The molecule has 0 aliphatic rings. The van der Waals surface area contributed by atoms with Crippen LogP contribution in [0.25, 0.3) is 0 Å². The van der Waals surface area contributed by atoms with Crippen molar-refractivity contribution in [2.45, 2.75) is 51.9 Å². The second-order valence-electron chi connectivity index (χ2n) is 3.42. The van der Waals surface area contributed by atoms with Gasteiger partial charge in [0.1, 0.15) is 0 Å². The molecule has 0 heterocycles. The van der Waals surface area contributed by atoms with Crippen molar-refractivity contribution in [3.05, 3.63) is 0 Å². The van der Waals surface area contributed by atoms with Crippen molar-refractivity contribution in [1.82, 2.24) is 0 Å². The highest BCUT2D eigenvalue weighted by Crippen LogP contribution is 2.04. The molecule has 2 heteroatoms. The van der Waals surface area contributed by atoms with Crippen LogP contribution in [0.3, 0.4) is 0 Å². The molecule has 0 aromatic carbocycles. The van der Waals surface area contributed by atoms with E-state index < -0.39 is 0 Å². The van der Waals surface area contributed by atoms with E-state index in [9.17, 15) is 0 Å². The fraction of sp³-hybridized carbons (Fsp3) is 1.00. The number of rotatable bonds is 10. The molecule has 0 saturated carbocycles. The van der Waals surface area contributed by atoms with Gasteiger partial charge >= 0.3 is 0 Å². The Morgan fingerprint density at radius 3 is 2.15 bits per heavy atom. The first-order valence-electron chi connectivity index (χ1n) is 5.55. The minimum atomic E-state index is 0.719. The van der Waals surface area contributed by atoms with Crippen molar-refractivity contribution in [3.63, 3.8) is 0 Å². The molecule has 0 aromatic heterocycles. The van der Waals surface area contributed by atoms with Gasteiger partial charge in [-0.2, -0.15) is 0 Å². The predicted octanol–water partition coefficient (Wildman–Crippen LogP) is 3.99. The maximum atomic E-state index is 5.52. The van der Waals surface area contributed by atoms with Crippen LogP contribution in [-0.4, -0.2) is 19.1 Å². The molecule has 0 unspecified atom stereocenters. The second kappa shape index (κ2) is 12.2. The van der Waals surface area contributed by atoms with E-state index in [0.717, 1.165) is 25.5 Å². The van der Waals surface area contributed by atoms with Gasteiger partial charge in [0.2, 0.25) is 0 Å². The Labute approximate surface area is 87.8 Å². The zero-order valence-electron chi connectivity index (χ0n) is 8.86. The highest BCUT2D eigenvalue weighted by Gasteiger charge is 1.90. The number of hydrogen-bond donors (Lipinski definition) is 0. The van der Waals surface area contributed by atoms with E-state index in [0.29, 0.717) is 0 Å². The van der Waals surface area contributed by atoms with Gasteiger partial charge in [-0.05, 0) is 12.8 Å². The molecule has 0 amide bonds. The van der Waals surface area contributed by atoms with Crippen molar-refractivity contribution < 1.29 is 4.74 Å². The third-order valence-corrected chi connectivity index (χ3v) is 2.33. The van der Waals surface area contributed by atoms with Crippen molar-refractivity contribution in [3.8, 4) is 0 Å². The minimum Gasteiger partial charge on any atom is -0.381 e. The van der Waals surface area contributed by atoms with Crippen molar-refractivity contribution in [2.24, 2.45) is 0 Å². The third-order valence-electron chi connectivity index (χ3n) is 2.06. The molecule has 1 nitrogen and oxygen atoms in total. The number of hydrogen-bond acceptors (Lipinski definition) is 1. The highest BCUT2D eigenvalue weighted by atomic mass is 35.5.